The number of aryl methyl sites for hydroxylation is 1. The number of hydrogen-bond donors (Lipinski definition) is 2. The zero-order valence-corrected chi connectivity index (χ0v) is 19.1. The van der Waals surface area contributed by atoms with Crippen molar-refractivity contribution in [3.05, 3.63) is 47.9 Å². The number of halogens is 1. The molecule has 2 aromatic heterocycles. The van der Waals surface area contributed by atoms with Crippen LogP contribution in [0.15, 0.2) is 36.5 Å². The van der Waals surface area contributed by atoms with E-state index in [4.69, 9.17) is 16.5 Å². The van der Waals surface area contributed by atoms with Gasteiger partial charge in [0.2, 0.25) is 0 Å². The normalized spacial score (nSPS) is 19.7. The van der Waals surface area contributed by atoms with Gasteiger partial charge in [-0.05, 0) is 48.9 Å². The maximum atomic E-state index is 14.6. The van der Waals surface area contributed by atoms with E-state index >= 15 is 0 Å². The van der Waals surface area contributed by atoms with Crippen molar-refractivity contribution in [2.75, 3.05) is 18.0 Å². The number of fused-ring (bicyclic) bond motifs is 4. The summed E-state index contributed by atoms with van der Waals surface area (Å²) in [5.41, 5.74) is 2.38. The molecule has 2 aliphatic rings. The van der Waals surface area contributed by atoms with Gasteiger partial charge < -0.3 is 15.3 Å². The highest BCUT2D eigenvalue weighted by atomic mass is 19.1. The third kappa shape index (κ3) is 3.29. The summed E-state index contributed by atoms with van der Waals surface area (Å²) in [6.07, 6.45) is 10.9. The van der Waals surface area contributed by atoms with E-state index in [1.54, 1.807) is 18.2 Å². The molecule has 0 saturated carbocycles. The van der Waals surface area contributed by atoms with Crippen molar-refractivity contribution >= 4 is 27.5 Å². The Morgan fingerprint density at radius 2 is 2.00 bits per heavy atom. The van der Waals surface area contributed by atoms with Crippen LogP contribution in [0.1, 0.15) is 31.7 Å². The monoisotopic (exact) mass is 455 g/mol. The Bertz CT molecular complexity index is 1460. The number of terminal acetylenes is 1. The number of rotatable bonds is 4. The predicted octanol–water partition coefficient (Wildman–Crippen LogP) is 4.43. The summed E-state index contributed by atoms with van der Waals surface area (Å²) >= 11 is 0. The molecule has 6 nitrogen and oxygen atoms in total. The number of nitrogens with zero attached hydrogens (tertiary/aromatic N) is 4. The van der Waals surface area contributed by atoms with Gasteiger partial charge in [-0.25, -0.2) is 4.39 Å². The van der Waals surface area contributed by atoms with Crippen molar-refractivity contribution < 1.29 is 9.50 Å². The number of phenols is 1. The molecule has 2 aromatic carbocycles. The number of aromatic hydroxyl groups is 1. The Kier molecular flexibility index (Phi) is 4.93. The Balaban J connectivity index is 1.54. The molecule has 172 valence electrons. The van der Waals surface area contributed by atoms with Crippen molar-refractivity contribution in [1.82, 2.24) is 20.1 Å². The largest absolute Gasteiger partial charge is 0.508 e. The molecule has 4 heterocycles. The lowest BCUT2D eigenvalue weighted by molar-refractivity contribution is 0.462. The van der Waals surface area contributed by atoms with Crippen LogP contribution in [0.4, 0.5) is 10.2 Å². The average Bonchev–Trinajstić information content (AvgIpc) is 3.37. The molecule has 0 amide bonds. The first-order valence-corrected chi connectivity index (χ1v) is 11.9. The standard InChI is InChI=1S/C27H26FN5O/c1-3-9-33-25-12-24(21-11-19(34)10-16-5-8-23(28)20(4-2)26(16)21)29-13-22(25)27(31-33)32-14-17-6-7-18(15-32)30-17/h2,5,8,10-13,17-18,30,34H,3,6-7,9,14-15H2,1H3. The van der Waals surface area contributed by atoms with E-state index in [0.717, 1.165) is 42.8 Å². The van der Waals surface area contributed by atoms with E-state index in [9.17, 15) is 9.50 Å². The summed E-state index contributed by atoms with van der Waals surface area (Å²) in [5, 5.41) is 21.3. The maximum absolute atomic E-state index is 14.6. The summed E-state index contributed by atoms with van der Waals surface area (Å²) in [5.74, 6) is 3.07. The zero-order valence-electron chi connectivity index (χ0n) is 19.1. The van der Waals surface area contributed by atoms with Crippen molar-refractivity contribution in [2.24, 2.45) is 0 Å². The number of aromatic nitrogens is 3. The minimum absolute atomic E-state index is 0.0815. The van der Waals surface area contributed by atoms with Crippen molar-refractivity contribution in [3.63, 3.8) is 0 Å². The number of pyridine rings is 1. The molecule has 6 rings (SSSR count). The fourth-order valence-corrected chi connectivity index (χ4v) is 5.55. The highest BCUT2D eigenvalue weighted by Crippen LogP contribution is 2.37. The highest BCUT2D eigenvalue weighted by molar-refractivity contribution is 6.02. The van der Waals surface area contributed by atoms with E-state index in [1.165, 1.54) is 18.9 Å². The summed E-state index contributed by atoms with van der Waals surface area (Å²) < 4.78 is 16.6. The number of benzene rings is 2. The number of piperazine rings is 1. The third-order valence-electron chi connectivity index (χ3n) is 7.04. The van der Waals surface area contributed by atoms with E-state index in [-0.39, 0.29) is 11.3 Å². The topological polar surface area (TPSA) is 66.2 Å². The van der Waals surface area contributed by atoms with Gasteiger partial charge in [0.05, 0.1) is 22.2 Å². The first-order chi connectivity index (χ1) is 16.6. The molecule has 2 unspecified atom stereocenters. The zero-order chi connectivity index (χ0) is 23.4. The summed E-state index contributed by atoms with van der Waals surface area (Å²) in [7, 11) is 0. The molecular weight excluding hydrogens is 429 g/mol. The summed E-state index contributed by atoms with van der Waals surface area (Å²) in [4.78, 5) is 7.14. The lowest BCUT2D eigenvalue weighted by Gasteiger charge is -2.33. The second-order valence-corrected chi connectivity index (χ2v) is 9.33. The Morgan fingerprint density at radius 1 is 1.21 bits per heavy atom. The van der Waals surface area contributed by atoms with Crippen LogP contribution >= 0.6 is 0 Å². The van der Waals surface area contributed by atoms with Crippen LogP contribution in [0.3, 0.4) is 0 Å². The van der Waals surface area contributed by atoms with Gasteiger partial charge in [0.1, 0.15) is 11.6 Å². The third-order valence-corrected chi connectivity index (χ3v) is 7.04. The van der Waals surface area contributed by atoms with Gasteiger partial charge in [0.25, 0.3) is 0 Å². The fourth-order valence-electron chi connectivity index (χ4n) is 5.55. The van der Waals surface area contributed by atoms with Crippen molar-refractivity contribution in [1.29, 1.82) is 0 Å². The van der Waals surface area contributed by atoms with Crippen LogP contribution in [0.25, 0.3) is 32.9 Å². The minimum Gasteiger partial charge on any atom is -0.508 e. The molecule has 2 bridgehead atoms. The van der Waals surface area contributed by atoms with E-state index in [1.807, 2.05) is 16.9 Å². The number of anilines is 1. The van der Waals surface area contributed by atoms with Crippen molar-refractivity contribution in [3.8, 4) is 29.4 Å². The predicted molar refractivity (Wildman–Crippen MR) is 132 cm³/mol. The molecule has 0 spiro atoms. The number of nitrogens with one attached hydrogen (secondary N) is 1. The van der Waals surface area contributed by atoms with E-state index in [2.05, 4.69) is 23.1 Å². The van der Waals surface area contributed by atoms with Crippen LogP contribution in [0, 0.1) is 18.2 Å². The quantitative estimate of drug-likeness (QED) is 0.446. The van der Waals surface area contributed by atoms with Crippen LogP contribution in [-0.4, -0.2) is 45.0 Å². The van der Waals surface area contributed by atoms with Crippen molar-refractivity contribution in [2.45, 2.75) is 44.8 Å². The van der Waals surface area contributed by atoms with Gasteiger partial charge >= 0.3 is 0 Å². The second-order valence-electron chi connectivity index (χ2n) is 9.33. The van der Waals surface area contributed by atoms with Crippen LogP contribution in [0.5, 0.6) is 5.75 Å². The second kappa shape index (κ2) is 8.00. The van der Waals surface area contributed by atoms with Gasteiger partial charge in [-0.1, -0.05) is 18.9 Å². The molecule has 0 radical (unpaired) electrons. The molecular formula is C27H26FN5O. The van der Waals surface area contributed by atoms with E-state index < -0.39 is 5.82 Å². The molecule has 2 aliphatic heterocycles. The van der Waals surface area contributed by atoms with Crippen LogP contribution in [-0.2, 0) is 6.54 Å². The van der Waals surface area contributed by atoms with Crippen LogP contribution < -0.4 is 10.2 Å². The lowest BCUT2D eigenvalue weighted by Crippen LogP contribution is -2.51. The van der Waals surface area contributed by atoms with Gasteiger partial charge in [0, 0.05) is 48.9 Å². The fraction of sp³-hybridized carbons (Fsp3) is 0.333. The van der Waals surface area contributed by atoms with Gasteiger partial charge in [-0.15, -0.1) is 6.42 Å². The molecule has 2 N–H and O–H groups in total. The molecule has 2 atom stereocenters. The molecule has 4 aromatic rings. The molecule has 2 saturated heterocycles. The molecule has 34 heavy (non-hydrogen) atoms. The van der Waals surface area contributed by atoms with Gasteiger partial charge in [-0.3, -0.25) is 9.67 Å². The van der Waals surface area contributed by atoms with E-state index in [0.29, 0.717) is 34.1 Å². The molecule has 0 aliphatic carbocycles. The molecule has 7 heteroatoms. The Morgan fingerprint density at radius 3 is 2.74 bits per heavy atom. The SMILES string of the molecule is C#Cc1c(F)ccc2cc(O)cc(-c3cc4c(cn3)c(N3CC5CCC(C3)N5)nn4CCC)c12. The Labute approximate surface area is 197 Å². The highest BCUT2D eigenvalue weighted by Gasteiger charge is 2.34. The average molecular weight is 456 g/mol. The van der Waals surface area contributed by atoms with Gasteiger partial charge in [-0.2, -0.15) is 5.10 Å². The first kappa shape index (κ1) is 20.9. The summed E-state index contributed by atoms with van der Waals surface area (Å²) in [6, 6.07) is 9.16. The maximum Gasteiger partial charge on any atom is 0.160 e. The smallest absolute Gasteiger partial charge is 0.160 e. The number of hydrogen-bond acceptors (Lipinski definition) is 5. The minimum atomic E-state index is -0.463. The Hall–Kier alpha value is -3.63. The summed E-state index contributed by atoms with van der Waals surface area (Å²) in [6.45, 7) is 4.80. The van der Waals surface area contributed by atoms with Crippen LogP contribution in [0.2, 0.25) is 0 Å². The number of phenolic OH excluding ortho intramolecular Hbond substituents is 1. The molecule has 2 fully saturated rings. The van der Waals surface area contributed by atoms with Gasteiger partial charge in [0.15, 0.2) is 5.82 Å². The lowest BCUT2D eigenvalue weighted by atomic mass is 9.96. The first-order valence-electron chi connectivity index (χ1n) is 11.9.